The van der Waals surface area contributed by atoms with Crippen molar-refractivity contribution >= 4 is 17.9 Å². The smallest absolute Gasteiger partial charge is 0.142 e. The predicted octanol–water partition coefficient (Wildman–Crippen LogP) is 4.34. The van der Waals surface area contributed by atoms with Gasteiger partial charge in [-0.25, -0.2) is 4.52 Å². The zero-order chi connectivity index (χ0) is 15.5. The molecule has 0 radical (unpaired) electrons. The predicted molar refractivity (Wildman–Crippen MR) is 89.8 cm³/mol. The maximum atomic E-state index is 10.8. The van der Waals surface area contributed by atoms with E-state index in [1.54, 1.807) is 0 Å². The average molecular weight is 290 g/mol. The fraction of sp³-hybridized carbons (Fsp3) is 0.158. The first-order valence-corrected chi connectivity index (χ1v) is 7.41. The Labute approximate surface area is 129 Å². The number of carbonyl (C=O) groups is 1. The number of aldehydes is 1. The van der Waals surface area contributed by atoms with E-state index < -0.39 is 0 Å². The van der Waals surface area contributed by atoms with Gasteiger partial charge in [0.25, 0.3) is 0 Å². The van der Waals surface area contributed by atoms with Gasteiger partial charge < -0.3 is 0 Å². The molecular weight excluding hydrogens is 272 g/mol. The van der Waals surface area contributed by atoms with Crippen molar-refractivity contribution in [1.29, 1.82) is 0 Å². The molecule has 110 valence electrons. The highest BCUT2D eigenvalue weighted by molar-refractivity contribution is 5.83. The fourth-order valence-corrected chi connectivity index (χ4v) is 2.82. The summed E-state index contributed by atoms with van der Waals surface area (Å²) in [5.41, 5.74) is 5.24. The van der Waals surface area contributed by atoms with Gasteiger partial charge in [-0.05, 0) is 35.8 Å². The molecule has 2 aromatic heterocycles. The Hall–Kier alpha value is -2.68. The van der Waals surface area contributed by atoms with E-state index in [4.69, 9.17) is 5.10 Å². The van der Waals surface area contributed by atoms with Crippen LogP contribution in [0.3, 0.4) is 0 Å². The van der Waals surface area contributed by atoms with Gasteiger partial charge in [-0.1, -0.05) is 44.2 Å². The van der Waals surface area contributed by atoms with Gasteiger partial charge in [0.15, 0.2) is 0 Å². The van der Waals surface area contributed by atoms with Gasteiger partial charge >= 0.3 is 0 Å². The molecule has 0 bridgehead atoms. The van der Waals surface area contributed by atoms with Crippen molar-refractivity contribution in [3.63, 3.8) is 0 Å². The maximum absolute atomic E-state index is 10.8. The molecule has 22 heavy (non-hydrogen) atoms. The van der Waals surface area contributed by atoms with Crippen LogP contribution in [0.2, 0.25) is 0 Å². The molecule has 3 heteroatoms. The molecular formula is C19H18N2O. The number of hydrogen-bond acceptors (Lipinski definition) is 2. The van der Waals surface area contributed by atoms with Crippen molar-refractivity contribution in [3.8, 4) is 11.3 Å². The SMILES string of the molecule is CC(C)c1c(C=CC=O)c(-c2ccccc2)nn2cccc12. The molecule has 0 fully saturated rings. The second kappa shape index (κ2) is 5.98. The summed E-state index contributed by atoms with van der Waals surface area (Å²) in [6.45, 7) is 4.32. The third kappa shape index (κ3) is 2.46. The molecule has 0 unspecified atom stereocenters. The lowest BCUT2D eigenvalue weighted by Gasteiger charge is -2.16. The number of rotatable bonds is 4. The van der Waals surface area contributed by atoms with E-state index in [0.717, 1.165) is 28.6 Å². The first-order valence-electron chi connectivity index (χ1n) is 7.41. The Morgan fingerprint density at radius 1 is 1.09 bits per heavy atom. The number of nitrogens with zero attached hydrogens (tertiary/aromatic N) is 2. The molecule has 0 spiro atoms. The highest BCUT2D eigenvalue weighted by Gasteiger charge is 2.17. The zero-order valence-electron chi connectivity index (χ0n) is 12.7. The standard InChI is InChI=1S/C19H18N2O/c1-14(2)18-16(10-7-13-22)19(15-8-4-3-5-9-15)20-21-12-6-11-17(18)21/h3-14H,1-2H3. The highest BCUT2D eigenvalue weighted by atomic mass is 16.1. The molecule has 0 saturated carbocycles. The number of allylic oxidation sites excluding steroid dienone is 1. The van der Waals surface area contributed by atoms with Crippen molar-refractivity contribution in [2.24, 2.45) is 0 Å². The summed E-state index contributed by atoms with van der Waals surface area (Å²) in [5, 5.41) is 4.75. The quantitative estimate of drug-likeness (QED) is 0.529. The molecule has 3 rings (SSSR count). The molecule has 0 N–H and O–H groups in total. The Morgan fingerprint density at radius 3 is 2.55 bits per heavy atom. The lowest BCUT2D eigenvalue weighted by Crippen LogP contribution is -2.04. The number of benzene rings is 1. The molecule has 0 aliphatic heterocycles. The van der Waals surface area contributed by atoms with Crippen molar-refractivity contribution < 1.29 is 4.79 Å². The van der Waals surface area contributed by atoms with Crippen molar-refractivity contribution in [3.05, 3.63) is 65.9 Å². The third-order valence-electron chi connectivity index (χ3n) is 3.72. The Morgan fingerprint density at radius 2 is 1.86 bits per heavy atom. The summed E-state index contributed by atoms with van der Waals surface area (Å²) in [7, 11) is 0. The zero-order valence-corrected chi connectivity index (χ0v) is 12.7. The minimum atomic E-state index is 0.328. The van der Waals surface area contributed by atoms with E-state index in [0.29, 0.717) is 5.92 Å². The van der Waals surface area contributed by atoms with Crippen LogP contribution in [0.5, 0.6) is 0 Å². The summed E-state index contributed by atoms with van der Waals surface area (Å²) < 4.78 is 1.91. The van der Waals surface area contributed by atoms with Gasteiger partial charge in [-0.3, -0.25) is 4.79 Å². The highest BCUT2D eigenvalue weighted by Crippen LogP contribution is 2.32. The van der Waals surface area contributed by atoms with Crippen LogP contribution in [0.1, 0.15) is 30.9 Å². The largest absolute Gasteiger partial charge is 0.299 e. The third-order valence-corrected chi connectivity index (χ3v) is 3.72. The van der Waals surface area contributed by atoms with E-state index in [1.165, 1.54) is 11.6 Å². The molecule has 0 saturated heterocycles. The monoisotopic (exact) mass is 290 g/mol. The van der Waals surface area contributed by atoms with E-state index in [-0.39, 0.29) is 0 Å². The Kier molecular flexibility index (Phi) is 3.88. The second-order valence-corrected chi connectivity index (χ2v) is 5.53. The summed E-state index contributed by atoms with van der Waals surface area (Å²) in [6.07, 6.45) is 6.17. The summed E-state index contributed by atoms with van der Waals surface area (Å²) in [6, 6.07) is 14.1. The Bertz CT molecular complexity index is 829. The van der Waals surface area contributed by atoms with Gasteiger partial charge in [0.1, 0.15) is 6.29 Å². The lowest BCUT2D eigenvalue weighted by molar-refractivity contribution is -0.104. The van der Waals surface area contributed by atoms with Crippen LogP contribution >= 0.6 is 0 Å². The van der Waals surface area contributed by atoms with Gasteiger partial charge in [0.05, 0.1) is 11.2 Å². The molecule has 1 aromatic carbocycles. The molecule has 0 aliphatic rings. The molecule has 0 atom stereocenters. The molecule has 2 heterocycles. The number of aromatic nitrogens is 2. The summed E-state index contributed by atoms with van der Waals surface area (Å²) in [4.78, 5) is 10.8. The average Bonchev–Trinajstić information content (AvgIpc) is 3.00. The topological polar surface area (TPSA) is 34.4 Å². The lowest BCUT2D eigenvalue weighted by atomic mass is 9.93. The van der Waals surface area contributed by atoms with E-state index in [9.17, 15) is 4.79 Å². The Balaban J connectivity index is 2.39. The number of fused-ring (bicyclic) bond motifs is 1. The molecule has 3 nitrogen and oxygen atoms in total. The van der Waals surface area contributed by atoms with Gasteiger partial charge in [-0.2, -0.15) is 5.10 Å². The first kappa shape index (κ1) is 14.3. The van der Waals surface area contributed by atoms with Crippen LogP contribution in [0.15, 0.2) is 54.7 Å². The van der Waals surface area contributed by atoms with Crippen LogP contribution < -0.4 is 0 Å². The summed E-state index contributed by atoms with van der Waals surface area (Å²) >= 11 is 0. The summed E-state index contributed by atoms with van der Waals surface area (Å²) in [5.74, 6) is 0.328. The van der Waals surface area contributed by atoms with Crippen LogP contribution in [0.25, 0.3) is 22.9 Å². The maximum Gasteiger partial charge on any atom is 0.142 e. The molecule has 0 amide bonds. The van der Waals surface area contributed by atoms with Gasteiger partial charge in [-0.15, -0.1) is 0 Å². The molecule has 3 aromatic rings. The first-order chi connectivity index (χ1) is 10.7. The minimum absolute atomic E-state index is 0.328. The molecule has 0 aliphatic carbocycles. The van der Waals surface area contributed by atoms with Crippen molar-refractivity contribution in [2.75, 3.05) is 0 Å². The van der Waals surface area contributed by atoms with Crippen LogP contribution in [-0.2, 0) is 4.79 Å². The number of hydrogen-bond donors (Lipinski definition) is 0. The fourth-order valence-electron chi connectivity index (χ4n) is 2.82. The van der Waals surface area contributed by atoms with Gasteiger partial charge in [0.2, 0.25) is 0 Å². The van der Waals surface area contributed by atoms with Gasteiger partial charge in [0, 0.05) is 17.3 Å². The second-order valence-electron chi connectivity index (χ2n) is 5.53. The normalized spacial score (nSPS) is 11.6. The van der Waals surface area contributed by atoms with E-state index in [2.05, 4.69) is 19.9 Å². The van der Waals surface area contributed by atoms with Crippen LogP contribution in [-0.4, -0.2) is 15.9 Å². The van der Waals surface area contributed by atoms with Crippen LogP contribution in [0.4, 0.5) is 0 Å². The minimum Gasteiger partial charge on any atom is -0.299 e. The van der Waals surface area contributed by atoms with Crippen LogP contribution in [0, 0.1) is 0 Å². The van der Waals surface area contributed by atoms with E-state index in [1.807, 2.05) is 53.2 Å². The van der Waals surface area contributed by atoms with E-state index >= 15 is 0 Å². The van der Waals surface area contributed by atoms with Crippen molar-refractivity contribution in [1.82, 2.24) is 9.61 Å². The number of carbonyl (C=O) groups excluding carboxylic acids is 1. The van der Waals surface area contributed by atoms with Crippen molar-refractivity contribution in [2.45, 2.75) is 19.8 Å².